The molecule has 2 saturated heterocycles. The molecular weight excluding hydrogens is 524 g/mol. The highest BCUT2D eigenvalue weighted by molar-refractivity contribution is 6.32. The number of nitrogens with one attached hydrogen (secondary N) is 2. The Kier molecular flexibility index (Phi) is 13.8. The lowest BCUT2D eigenvalue weighted by atomic mass is 9.97. The number of hydrogen-bond donors (Lipinski definition) is 2. The van der Waals surface area contributed by atoms with Crippen molar-refractivity contribution in [1.82, 2.24) is 30.5 Å². The van der Waals surface area contributed by atoms with E-state index in [1.54, 1.807) is 18.6 Å². The number of aromatic nitrogens is 3. The second kappa shape index (κ2) is 16.8. The lowest BCUT2D eigenvalue weighted by Crippen LogP contribution is -2.51. The first-order valence-electron chi connectivity index (χ1n) is 13.8. The molecule has 8 nitrogen and oxygen atoms in total. The van der Waals surface area contributed by atoms with E-state index in [4.69, 9.17) is 16.3 Å². The number of ether oxygens (including phenoxy) is 1. The molecule has 0 aromatic carbocycles. The molecule has 0 saturated carbocycles. The molecule has 218 valence electrons. The van der Waals surface area contributed by atoms with Crippen molar-refractivity contribution in [2.75, 3.05) is 32.8 Å². The minimum absolute atomic E-state index is 0.0233. The van der Waals surface area contributed by atoms with E-state index in [1.807, 2.05) is 33.8 Å². The summed E-state index contributed by atoms with van der Waals surface area (Å²) in [5, 5.41) is 6.79. The van der Waals surface area contributed by atoms with Gasteiger partial charge in [-0.05, 0) is 58.6 Å². The minimum Gasteiger partial charge on any atom is -0.385 e. The van der Waals surface area contributed by atoms with Gasteiger partial charge in [0.05, 0.1) is 0 Å². The smallest absolute Gasteiger partial charge is 0.249 e. The van der Waals surface area contributed by atoms with Gasteiger partial charge in [0.2, 0.25) is 5.91 Å². The fourth-order valence-electron chi connectivity index (χ4n) is 4.18. The third kappa shape index (κ3) is 10.7. The van der Waals surface area contributed by atoms with Crippen molar-refractivity contribution in [3.8, 4) is 0 Å². The fraction of sp³-hybridized carbons (Fsp3) is 0.484. The van der Waals surface area contributed by atoms with Gasteiger partial charge in [-0.2, -0.15) is 0 Å². The standard InChI is InChI=1S/C19H30ClN3O2.C8H7N3.C4H8/c1-5-8-21-14(3)18(13(2)20)15(4)23-11-16(12-23)10-22-19(24)17-7-6-9-25-17;1-6-4-7-8(11-5-6)10-3-2-9-7;1-4(2)3/h16-17,21H,2-3,5-12H2,1,4H3,(H,22,24);2-5H,1H3;1H2,2-3H3/b18-15+;;. The molecule has 0 bridgehead atoms. The van der Waals surface area contributed by atoms with Gasteiger partial charge in [0.1, 0.15) is 11.6 Å². The summed E-state index contributed by atoms with van der Waals surface area (Å²) in [4.78, 5) is 26.5. The molecule has 9 heteroatoms. The van der Waals surface area contributed by atoms with Gasteiger partial charge >= 0.3 is 0 Å². The third-order valence-electron chi connectivity index (χ3n) is 6.20. The number of hydrogen-bond acceptors (Lipinski definition) is 7. The molecule has 40 heavy (non-hydrogen) atoms. The van der Waals surface area contributed by atoms with E-state index in [-0.39, 0.29) is 12.0 Å². The predicted molar refractivity (Wildman–Crippen MR) is 165 cm³/mol. The number of rotatable bonds is 9. The highest BCUT2D eigenvalue weighted by atomic mass is 35.5. The Morgan fingerprint density at radius 2 is 1.80 bits per heavy atom. The molecule has 2 aliphatic heterocycles. The third-order valence-corrected chi connectivity index (χ3v) is 6.39. The van der Waals surface area contributed by atoms with Crippen LogP contribution in [0.2, 0.25) is 0 Å². The number of fused-ring (bicyclic) bond motifs is 1. The molecule has 2 aliphatic rings. The largest absolute Gasteiger partial charge is 0.385 e. The summed E-state index contributed by atoms with van der Waals surface area (Å²) in [6.07, 6.45) is 7.68. The van der Waals surface area contributed by atoms with Crippen LogP contribution >= 0.6 is 11.6 Å². The van der Waals surface area contributed by atoms with Crippen molar-refractivity contribution in [2.45, 2.75) is 60.0 Å². The van der Waals surface area contributed by atoms with E-state index in [2.05, 4.69) is 57.1 Å². The summed E-state index contributed by atoms with van der Waals surface area (Å²) in [5.74, 6) is 0.470. The van der Waals surface area contributed by atoms with Crippen LogP contribution in [-0.4, -0.2) is 64.6 Å². The van der Waals surface area contributed by atoms with Crippen LogP contribution in [0.3, 0.4) is 0 Å². The zero-order valence-electron chi connectivity index (χ0n) is 24.7. The van der Waals surface area contributed by atoms with Gasteiger partial charge in [-0.1, -0.05) is 37.3 Å². The van der Waals surface area contributed by atoms with Crippen molar-refractivity contribution in [1.29, 1.82) is 0 Å². The zero-order chi connectivity index (χ0) is 29.7. The molecule has 2 aromatic heterocycles. The van der Waals surface area contributed by atoms with Crippen molar-refractivity contribution in [3.63, 3.8) is 0 Å². The first-order chi connectivity index (χ1) is 19.0. The summed E-state index contributed by atoms with van der Waals surface area (Å²) in [7, 11) is 0. The number of amides is 1. The zero-order valence-corrected chi connectivity index (χ0v) is 25.5. The molecule has 0 radical (unpaired) electrons. The molecular formula is C31H45ClN6O2. The second-order valence-electron chi connectivity index (χ2n) is 10.4. The highest BCUT2D eigenvalue weighted by Gasteiger charge is 2.30. The van der Waals surface area contributed by atoms with Gasteiger partial charge in [0, 0.05) is 79.3 Å². The minimum atomic E-state index is -0.253. The average molecular weight is 569 g/mol. The van der Waals surface area contributed by atoms with E-state index < -0.39 is 0 Å². The van der Waals surface area contributed by atoms with Gasteiger partial charge in [-0.15, -0.1) is 6.58 Å². The van der Waals surface area contributed by atoms with Crippen LogP contribution in [0.5, 0.6) is 0 Å². The SMILES string of the molecule is C=C(C)C.C=C(Cl)/C(C(=C)NCCC)=C(/C)N1CC(CNC(=O)C2CCCO2)C1.Cc1cnc2nccnc2c1. The normalized spacial score (nSPS) is 16.9. The number of pyridine rings is 1. The number of carbonyl (C=O) groups excluding carboxylic acids is 1. The van der Waals surface area contributed by atoms with Crippen LogP contribution in [0.25, 0.3) is 11.2 Å². The van der Waals surface area contributed by atoms with Crippen LogP contribution < -0.4 is 10.6 Å². The molecule has 0 spiro atoms. The number of nitrogens with zero attached hydrogens (tertiary/aromatic N) is 4. The highest BCUT2D eigenvalue weighted by Crippen LogP contribution is 2.29. The molecule has 1 atom stereocenters. The number of likely N-dealkylation sites (tertiary alicyclic amines) is 1. The molecule has 4 heterocycles. The van der Waals surface area contributed by atoms with E-state index in [9.17, 15) is 4.79 Å². The Morgan fingerprint density at radius 1 is 1.12 bits per heavy atom. The Balaban J connectivity index is 0.000000305. The molecule has 1 unspecified atom stereocenters. The van der Waals surface area contributed by atoms with E-state index >= 15 is 0 Å². The first kappa shape index (κ1) is 33.0. The Bertz CT molecular complexity index is 1200. The van der Waals surface area contributed by atoms with Gasteiger partial charge < -0.3 is 20.3 Å². The summed E-state index contributed by atoms with van der Waals surface area (Å²) < 4.78 is 5.40. The van der Waals surface area contributed by atoms with Crippen molar-refractivity contribution in [3.05, 3.63) is 77.5 Å². The van der Waals surface area contributed by atoms with E-state index in [0.717, 1.165) is 66.9 Å². The van der Waals surface area contributed by atoms with Crippen LogP contribution in [0.15, 0.2) is 72.0 Å². The maximum Gasteiger partial charge on any atom is 0.249 e. The van der Waals surface area contributed by atoms with Gasteiger partial charge in [0.15, 0.2) is 5.65 Å². The summed E-state index contributed by atoms with van der Waals surface area (Å²) in [6.45, 7) is 25.6. The van der Waals surface area contributed by atoms with Crippen LogP contribution in [0.1, 0.15) is 52.5 Å². The lowest BCUT2D eigenvalue weighted by molar-refractivity contribution is -0.130. The van der Waals surface area contributed by atoms with Crippen LogP contribution in [-0.2, 0) is 9.53 Å². The summed E-state index contributed by atoms with van der Waals surface area (Å²) in [5.41, 5.74) is 6.62. The molecule has 1 amide bonds. The summed E-state index contributed by atoms with van der Waals surface area (Å²) >= 11 is 6.20. The molecule has 4 rings (SSSR count). The Hall–Kier alpha value is -3.23. The van der Waals surface area contributed by atoms with Gasteiger partial charge in [0.25, 0.3) is 0 Å². The van der Waals surface area contributed by atoms with Gasteiger partial charge in [-0.3, -0.25) is 9.78 Å². The maximum atomic E-state index is 12.0. The Morgan fingerprint density at radius 3 is 2.40 bits per heavy atom. The quantitative estimate of drug-likeness (QED) is 0.297. The lowest BCUT2D eigenvalue weighted by Gasteiger charge is -2.42. The van der Waals surface area contributed by atoms with Crippen LogP contribution in [0, 0.1) is 12.8 Å². The van der Waals surface area contributed by atoms with Crippen molar-refractivity contribution >= 4 is 28.7 Å². The van der Waals surface area contributed by atoms with E-state index in [0.29, 0.717) is 29.7 Å². The molecule has 2 fully saturated rings. The number of carbonyl (C=O) groups is 1. The second-order valence-corrected chi connectivity index (χ2v) is 10.9. The van der Waals surface area contributed by atoms with Crippen molar-refractivity contribution in [2.24, 2.45) is 5.92 Å². The van der Waals surface area contributed by atoms with Crippen LogP contribution in [0.4, 0.5) is 0 Å². The summed E-state index contributed by atoms with van der Waals surface area (Å²) in [6, 6.07) is 1.97. The first-order valence-corrected chi connectivity index (χ1v) is 14.2. The van der Waals surface area contributed by atoms with Gasteiger partial charge in [-0.25, -0.2) is 9.97 Å². The number of allylic oxidation sites excluding steroid dienone is 3. The molecule has 2 aromatic rings. The maximum absolute atomic E-state index is 12.0. The number of halogens is 1. The average Bonchev–Trinajstić information content (AvgIpc) is 3.41. The van der Waals surface area contributed by atoms with E-state index in [1.165, 1.54) is 5.57 Å². The van der Waals surface area contributed by atoms with Crippen molar-refractivity contribution < 1.29 is 9.53 Å². The fourth-order valence-corrected chi connectivity index (χ4v) is 4.43. The molecule has 0 aliphatic carbocycles. The molecule has 2 N–H and O–H groups in total. The topological polar surface area (TPSA) is 92.3 Å². The predicted octanol–water partition coefficient (Wildman–Crippen LogP) is 5.67. The Labute approximate surface area is 244 Å². The monoisotopic (exact) mass is 568 g/mol. The number of aryl methyl sites for hydroxylation is 1.